The lowest BCUT2D eigenvalue weighted by molar-refractivity contribution is 0.112. The van der Waals surface area contributed by atoms with E-state index < -0.39 is 5.82 Å². The summed E-state index contributed by atoms with van der Waals surface area (Å²) in [4.78, 5) is 18.6. The predicted octanol–water partition coefficient (Wildman–Crippen LogP) is 2.36. The number of rotatable bonds is 5. The SMILES string of the molecule is COc1ncc(F)cc1CNc1ncc(C=O)cc1C. The van der Waals surface area contributed by atoms with Gasteiger partial charge in [-0.2, -0.15) is 0 Å². The smallest absolute Gasteiger partial charge is 0.218 e. The topological polar surface area (TPSA) is 64.1 Å². The summed E-state index contributed by atoms with van der Waals surface area (Å²) in [5, 5.41) is 3.07. The largest absolute Gasteiger partial charge is 0.481 e. The maximum Gasteiger partial charge on any atom is 0.218 e. The van der Waals surface area contributed by atoms with Crippen molar-refractivity contribution in [1.82, 2.24) is 9.97 Å². The number of carbonyl (C=O) groups excluding carboxylic acids is 1. The summed E-state index contributed by atoms with van der Waals surface area (Å²) in [6.45, 7) is 2.16. The van der Waals surface area contributed by atoms with E-state index >= 15 is 0 Å². The third-order valence-electron chi connectivity index (χ3n) is 2.77. The molecule has 0 saturated heterocycles. The molecule has 0 fully saturated rings. The Bertz CT molecular complexity index is 632. The van der Waals surface area contributed by atoms with Crippen LogP contribution in [0.15, 0.2) is 24.5 Å². The molecule has 1 N–H and O–H groups in total. The Morgan fingerprint density at radius 2 is 2.15 bits per heavy atom. The van der Waals surface area contributed by atoms with Crippen LogP contribution in [0.4, 0.5) is 10.2 Å². The summed E-state index contributed by atoms with van der Waals surface area (Å²) >= 11 is 0. The first-order chi connectivity index (χ1) is 9.63. The number of ether oxygens (including phenoxy) is 1. The Kier molecular flexibility index (Phi) is 4.24. The molecule has 0 aromatic carbocycles. The van der Waals surface area contributed by atoms with E-state index in [1.807, 2.05) is 6.92 Å². The molecule has 2 heterocycles. The zero-order chi connectivity index (χ0) is 14.5. The lowest BCUT2D eigenvalue weighted by Gasteiger charge is -2.11. The quantitative estimate of drug-likeness (QED) is 0.849. The van der Waals surface area contributed by atoms with Gasteiger partial charge in [-0.3, -0.25) is 4.79 Å². The van der Waals surface area contributed by atoms with Gasteiger partial charge in [-0.1, -0.05) is 0 Å². The fourth-order valence-corrected chi connectivity index (χ4v) is 1.80. The molecule has 20 heavy (non-hydrogen) atoms. The number of hydrogen-bond donors (Lipinski definition) is 1. The van der Waals surface area contributed by atoms with Crippen molar-refractivity contribution in [1.29, 1.82) is 0 Å². The second-order valence-corrected chi connectivity index (χ2v) is 4.23. The van der Waals surface area contributed by atoms with Crippen molar-refractivity contribution in [3.8, 4) is 5.88 Å². The normalized spacial score (nSPS) is 10.2. The lowest BCUT2D eigenvalue weighted by atomic mass is 10.2. The van der Waals surface area contributed by atoms with Crippen molar-refractivity contribution in [3.05, 3.63) is 47.0 Å². The van der Waals surface area contributed by atoms with Crippen molar-refractivity contribution < 1.29 is 13.9 Å². The fraction of sp³-hybridized carbons (Fsp3) is 0.214. The van der Waals surface area contributed by atoms with Gasteiger partial charge in [0.25, 0.3) is 0 Å². The molecular formula is C14H14FN3O2. The van der Waals surface area contributed by atoms with Crippen LogP contribution in [0.2, 0.25) is 0 Å². The minimum Gasteiger partial charge on any atom is -0.481 e. The Labute approximate surface area is 115 Å². The van der Waals surface area contributed by atoms with Gasteiger partial charge >= 0.3 is 0 Å². The van der Waals surface area contributed by atoms with Crippen molar-refractivity contribution in [2.24, 2.45) is 0 Å². The Hall–Kier alpha value is -2.50. The molecule has 0 atom stereocenters. The van der Waals surface area contributed by atoms with Crippen molar-refractivity contribution >= 4 is 12.1 Å². The second-order valence-electron chi connectivity index (χ2n) is 4.23. The van der Waals surface area contributed by atoms with Gasteiger partial charge in [0.1, 0.15) is 11.6 Å². The number of methoxy groups -OCH3 is 1. The van der Waals surface area contributed by atoms with Gasteiger partial charge in [-0.15, -0.1) is 0 Å². The van der Waals surface area contributed by atoms with Crippen LogP contribution in [0.25, 0.3) is 0 Å². The first-order valence-corrected chi connectivity index (χ1v) is 5.98. The van der Waals surface area contributed by atoms with E-state index in [0.29, 0.717) is 29.4 Å². The molecule has 5 nitrogen and oxygen atoms in total. The number of pyridine rings is 2. The number of aromatic nitrogens is 2. The first kappa shape index (κ1) is 13.9. The third-order valence-corrected chi connectivity index (χ3v) is 2.77. The molecule has 0 aliphatic rings. The van der Waals surface area contributed by atoms with Crippen LogP contribution in [-0.4, -0.2) is 23.4 Å². The minimum absolute atomic E-state index is 0.322. The van der Waals surface area contributed by atoms with Crippen LogP contribution >= 0.6 is 0 Å². The molecule has 6 heteroatoms. The van der Waals surface area contributed by atoms with Crippen LogP contribution in [0, 0.1) is 12.7 Å². The standard InChI is InChI=1S/C14H14FN3O2/c1-9-3-10(8-19)5-16-13(9)17-6-11-4-12(15)7-18-14(11)20-2/h3-5,7-8H,6H2,1-2H3,(H,16,17). The second kappa shape index (κ2) is 6.10. The molecule has 2 rings (SSSR count). The monoisotopic (exact) mass is 275 g/mol. The summed E-state index contributed by atoms with van der Waals surface area (Å²) in [5.74, 6) is 0.562. The van der Waals surface area contributed by atoms with E-state index in [9.17, 15) is 9.18 Å². The molecule has 0 aliphatic carbocycles. The number of nitrogens with zero attached hydrogens (tertiary/aromatic N) is 2. The molecule has 0 spiro atoms. The molecular weight excluding hydrogens is 261 g/mol. The Balaban J connectivity index is 2.16. The van der Waals surface area contributed by atoms with Crippen LogP contribution in [0.5, 0.6) is 5.88 Å². The average molecular weight is 275 g/mol. The van der Waals surface area contributed by atoms with Gasteiger partial charge in [-0.05, 0) is 24.6 Å². The zero-order valence-corrected chi connectivity index (χ0v) is 11.2. The molecule has 0 saturated carbocycles. The number of aldehydes is 1. The molecule has 0 amide bonds. The maximum atomic E-state index is 13.2. The summed E-state index contributed by atoms with van der Waals surface area (Å²) < 4.78 is 18.3. The number of anilines is 1. The predicted molar refractivity (Wildman–Crippen MR) is 72.4 cm³/mol. The van der Waals surface area contributed by atoms with Gasteiger partial charge in [0.15, 0.2) is 6.29 Å². The highest BCUT2D eigenvalue weighted by Gasteiger charge is 2.08. The fourth-order valence-electron chi connectivity index (χ4n) is 1.80. The number of carbonyl (C=O) groups is 1. The number of nitrogens with one attached hydrogen (secondary N) is 1. The highest BCUT2D eigenvalue weighted by molar-refractivity contribution is 5.75. The van der Waals surface area contributed by atoms with E-state index in [0.717, 1.165) is 18.0 Å². The van der Waals surface area contributed by atoms with E-state index in [-0.39, 0.29) is 0 Å². The summed E-state index contributed by atoms with van der Waals surface area (Å²) in [7, 11) is 1.48. The van der Waals surface area contributed by atoms with Gasteiger partial charge in [-0.25, -0.2) is 14.4 Å². The van der Waals surface area contributed by atoms with Crippen LogP contribution in [-0.2, 0) is 6.54 Å². The van der Waals surface area contributed by atoms with Crippen LogP contribution < -0.4 is 10.1 Å². The van der Waals surface area contributed by atoms with Gasteiger partial charge < -0.3 is 10.1 Å². The molecule has 2 aromatic heterocycles. The lowest BCUT2D eigenvalue weighted by Crippen LogP contribution is -2.06. The molecule has 0 bridgehead atoms. The molecule has 2 aromatic rings. The maximum absolute atomic E-state index is 13.2. The van der Waals surface area contributed by atoms with Crippen LogP contribution in [0.1, 0.15) is 21.5 Å². The average Bonchev–Trinajstić information content (AvgIpc) is 2.46. The molecule has 104 valence electrons. The minimum atomic E-state index is -0.427. The molecule has 0 aliphatic heterocycles. The van der Waals surface area contributed by atoms with Gasteiger partial charge in [0.05, 0.1) is 13.3 Å². The number of hydrogen-bond acceptors (Lipinski definition) is 5. The highest BCUT2D eigenvalue weighted by Crippen LogP contribution is 2.18. The first-order valence-electron chi connectivity index (χ1n) is 5.98. The van der Waals surface area contributed by atoms with E-state index in [1.54, 1.807) is 6.07 Å². The number of aryl methyl sites for hydroxylation is 1. The highest BCUT2D eigenvalue weighted by atomic mass is 19.1. The zero-order valence-electron chi connectivity index (χ0n) is 11.2. The summed E-state index contributed by atoms with van der Waals surface area (Å²) in [5.41, 5.74) is 1.93. The van der Waals surface area contributed by atoms with Crippen molar-refractivity contribution in [3.63, 3.8) is 0 Å². The number of halogens is 1. The van der Waals surface area contributed by atoms with E-state index in [4.69, 9.17) is 4.74 Å². The molecule has 0 radical (unpaired) electrons. The summed E-state index contributed by atoms with van der Waals surface area (Å²) in [6, 6.07) is 3.08. The molecule has 0 unspecified atom stereocenters. The summed E-state index contributed by atoms with van der Waals surface area (Å²) in [6.07, 6.45) is 3.32. The van der Waals surface area contributed by atoms with Crippen molar-refractivity contribution in [2.45, 2.75) is 13.5 Å². The van der Waals surface area contributed by atoms with Crippen molar-refractivity contribution in [2.75, 3.05) is 12.4 Å². The van der Waals surface area contributed by atoms with Gasteiger partial charge in [0.2, 0.25) is 5.88 Å². The third kappa shape index (κ3) is 3.09. The Morgan fingerprint density at radius 1 is 1.35 bits per heavy atom. The van der Waals surface area contributed by atoms with E-state index in [2.05, 4.69) is 15.3 Å². The van der Waals surface area contributed by atoms with Gasteiger partial charge in [0, 0.05) is 23.9 Å². The van der Waals surface area contributed by atoms with Crippen LogP contribution in [0.3, 0.4) is 0 Å². The Morgan fingerprint density at radius 3 is 2.80 bits per heavy atom. The van der Waals surface area contributed by atoms with E-state index in [1.165, 1.54) is 19.4 Å².